The fourth-order valence-corrected chi connectivity index (χ4v) is 2.97. The van der Waals surface area contributed by atoms with E-state index in [0.717, 1.165) is 25.9 Å². The molecule has 1 rings (SSSR count). The number of unbranched alkanes of at least 4 members (excludes halogenated alkanes) is 1. The molecular weight excluding hydrogens is 214 g/mol. The van der Waals surface area contributed by atoms with E-state index >= 15 is 0 Å². The zero-order valence-electron chi connectivity index (χ0n) is 9.57. The van der Waals surface area contributed by atoms with Crippen LogP contribution in [0.5, 0.6) is 0 Å². The maximum Gasteiger partial charge on any atom is 0.281 e. The van der Waals surface area contributed by atoms with Crippen molar-refractivity contribution in [2.24, 2.45) is 0 Å². The van der Waals surface area contributed by atoms with Crippen LogP contribution in [0, 0.1) is 0 Å². The Hall–Kier alpha value is -0.170. The summed E-state index contributed by atoms with van der Waals surface area (Å²) in [6.45, 7) is 5.34. The minimum absolute atomic E-state index is 0.582. The number of hydrogen-bond acceptors (Lipinski definition) is 3. The first-order valence-corrected chi connectivity index (χ1v) is 6.91. The molecule has 1 N–H and O–H groups in total. The summed E-state index contributed by atoms with van der Waals surface area (Å²) in [6, 6.07) is 0. The first kappa shape index (κ1) is 12.9. The summed E-state index contributed by atoms with van der Waals surface area (Å²) in [4.78, 5) is 0. The van der Waals surface area contributed by atoms with Crippen LogP contribution in [0.2, 0.25) is 0 Å². The van der Waals surface area contributed by atoms with Crippen molar-refractivity contribution in [3.63, 3.8) is 0 Å². The van der Waals surface area contributed by atoms with Crippen molar-refractivity contribution in [1.82, 2.24) is 13.9 Å². The Morgan fingerprint density at radius 2 is 1.93 bits per heavy atom. The molecule has 0 spiro atoms. The molecule has 1 saturated heterocycles. The van der Waals surface area contributed by atoms with Gasteiger partial charge in [0, 0.05) is 39.8 Å². The quantitative estimate of drug-likeness (QED) is 0.722. The van der Waals surface area contributed by atoms with E-state index in [0.29, 0.717) is 19.6 Å². The molecule has 0 atom stereocenters. The minimum Gasteiger partial charge on any atom is -0.314 e. The number of nitrogens with zero attached hydrogens (tertiary/aromatic N) is 2. The molecule has 6 heteroatoms. The van der Waals surface area contributed by atoms with E-state index in [2.05, 4.69) is 12.2 Å². The molecule has 0 unspecified atom stereocenters. The Morgan fingerprint density at radius 1 is 1.33 bits per heavy atom. The fraction of sp³-hybridized carbons (Fsp3) is 1.00. The van der Waals surface area contributed by atoms with Gasteiger partial charge in [0.25, 0.3) is 10.2 Å². The van der Waals surface area contributed by atoms with Crippen molar-refractivity contribution < 1.29 is 8.42 Å². The largest absolute Gasteiger partial charge is 0.314 e. The van der Waals surface area contributed by atoms with Crippen molar-refractivity contribution >= 4 is 10.2 Å². The molecule has 90 valence electrons. The highest BCUT2D eigenvalue weighted by atomic mass is 32.2. The van der Waals surface area contributed by atoms with Crippen molar-refractivity contribution in [2.75, 3.05) is 39.8 Å². The molecule has 0 saturated carbocycles. The van der Waals surface area contributed by atoms with Crippen LogP contribution in [0.25, 0.3) is 0 Å². The van der Waals surface area contributed by atoms with Crippen LogP contribution in [0.4, 0.5) is 0 Å². The molecule has 0 bridgehead atoms. The highest BCUT2D eigenvalue weighted by Gasteiger charge is 2.27. The lowest BCUT2D eigenvalue weighted by molar-refractivity contribution is 0.325. The molecule has 15 heavy (non-hydrogen) atoms. The lowest BCUT2D eigenvalue weighted by Crippen LogP contribution is -2.51. The van der Waals surface area contributed by atoms with Gasteiger partial charge >= 0.3 is 0 Å². The summed E-state index contributed by atoms with van der Waals surface area (Å²) in [5.41, 5.74) is 0. The fourth-order valence-electron chi connectivity index (χ4n) is 1.57. The lowest BCUT2D eigenvalue weighted by Gasteiger charge is -2.30. The Morgan fingerprint density at radius 3 is 2.47 bits per heavy atom. The van der Waals surface area contributed by atoms with E-state index in [1.165, 1.54) is 4.31 Å². The summed E-state index contributed by atoms with van der Waals surface area (Å²) >= 11 is 0. The lowest BCUT2D eigenvalue weighted by atomic mass is 10.3. The van der Waals surface area contributed by atoms with Gasteiger partial charge in [-0.05, 0) is 6.42 Å². The second kappa shape index (κ2) is 5.79. The standard InChI is InChI=1S/C9H21N3O2S/c1-3-4-7-11(2)15(13,14)12-8-5-10-6-9-12/h10H,3-9H2,1-2H3. The first-order chi connectivity index (χ1) is 7.09. The molecule has 1 aliphatic rings. The second-order valence-electron chi connectivity index (χ2n) is 3.83. The summed E-state index contributed by atoms with van der Waals surface area (Å²) in [5.74, 6) is 0. The normalized spacial score (nSPS) is 19.7. The van der Waals surface area contributed by atoms with Crippen molar-refractivity contribution in [3.8, 4) is 0 Å². The van der Waals surface area contributed by atoms with Crippen molar-refractivity contribution in [1.29, 1.82) is 0 Å². The first-order valence-electron chi connectivity index (χ1n) is 5.51. The van der Waals surface area contributed by atoms with Gasteiger partial charge in [-0.3, -0.25) is 0 Å². The van der Waals surface area contributed by atoms with Gasteiger partial charge < -0.3 is 5.32 Å². The van der Waals surface area contributed by atoms with Crippen LogP contribution < -0.4 is 5.32 Å². The predicted molar refractivity (Wildman–Crippen MR) is 60.9 cm³/mol. The number of hydrogen-bond donors (Lipinski definition) is 1. The zero-order chi connectivity index (χ0) is 11.3. The van der Waals surface area contributed by atoms with Gasteiger partial charge in [-0.1, -0.05) is 13.3 Å². The van der Waals surface area contributed by atoms with E-state index < -0.39 is 10.2 Å². The topological polar surface area (TPSA) is 52.7 Å². The third-order valence-corrected chi connectivity index (χ3v) is 4.61. The van der Waals surface area contributed by atoms with Crippen LogP contribution in [0.3, 0.4) is 0 Å². The predicted octanol–water partition coefficient (Wildman–Crippen LogP) is -0.132. The molecular formula is C9H21N3O2S. The third kappa shape index (κ3) is 3.41. The number of rotatable bonds is 5. The molecule has 0 aliphatic carbocycles. The van der Waals surface area contributed by atoms with Crippen molar-refractivity contribution in [3.05, 3.63) is 0 Å². The Kier molecular flexibility index (Phi) is 4.98. The minimum atomic E-state index is -3.21. The molecule has 0 aromatic carbocycles. The van der Waals surface area contributed by atoms with Crippen LogP contribution in [0.1, 0.15) is 19.8 Å². The van der Waals surface area contributed by atoms with E-state index in [1.54, 1.807) is 11.4 Å². The van der Waals surface area contributed by atoms with Gasteiger partial charge in [-0.25, -0.2) is 0 Å². The SMILES string of the molecule is CCCCN(C)S(=O)(=O)N1CCNCC1. The molecule has 0 amide bonds. The Labute approximate surface area is 92.6 Å². The number of nitrogens with one attached hydrogen (secondary N) is 1. The zero-order valence-corrected chi connectivity index (χ0v) is 10.4. The molecule has 1 fully saturated rings. The maximum absolute atomic E-state index is 12.0. The van der Waals surface area contributed by atoms with E-state index in [1.807, 2.05) is 0 Å². The molecule has 1 heterocycles. The molecule has 5 nitrogen and oxygen atoms in total. The van der Waals surface area contributed by atoms with Crippen LogP contribution in [-0.2, 0) is 10.2 Å². The van der Waals surface area contributed by atoms with E-state index in [9.17, 15) is 8.42 Å². The van der Waals surface area contributed by atoms with Gasteiger partial charge in [0.15, 0.2) is 0 Å². The highest BCUT2D eigenvalue weighted by molar-refractivity contribution is 7.86. The molecule has 0 aromatic rings. The summed E-state index contributed by atoms with van der Waals surface area (Å²) in [6.07, 6.45) is 1.93. The number of piperazine rings is 1. The van der Waals surface area contributed by atoms with Gasteiger partial charge in [-0.2, -0.15) is 17.0 Å². The monoisotopic (exact) mass is 235 g/mol. The molecule has 0 radical (unpaired) electrons. The maximum atomic E-state index is 12.0. The van der Waals surface area contributed by atoms with Crippen LogP contribution in [0.15, 0.2) is 0 Å². The van der Waals surface area contributed by atoms with E-state index in [4.69, 9.17) is 0 Å². The average molecular weight is 235 g/mol. The Balaban J connectivity index is 2.55. The summed E-state index contributed by atoms with van der Waals surface area (Å²) in [5, 5.41) is 3.14. The average Bonchev–Trinajstić information content (AvgIpc) is 2.27. The van der Waals surface area contributed by atoms with Gasteiger partial charge in [-0.15, -0.1) is 0 Å². The van der Waals surface area contributed by atoms with Gasteiger partial charge in [0.1, 0.15) is 0 Å². The highest BCUT2D eigenvalue weighted by Crippen LogP contribution is 2.08. The van der Waals surface area contributed by atoms with Gasteiger partial charge in [0.2, 0.25) is 0 Å². The summed E-state index contributed by atoms with van der Waals surface area (Å²) in [7, 11) is -1.55. The van der Waals surface area contributed by atoms with Crippen LogP contribution in [-0.4, -0.2) is 56.8 Å². The second-order valence-corrected chi connectivity index (χ2v) is 5.87. The van der Waals surface area contributed by atoms with Gasteiger partial charge in [0.05, 0.1) is 0 Å². The smallest absolute Gasteiger partial charge is 0.281 e. The summed E-state index contributed by atoms with van der Waals surface area (Å²) < 4.78 is 27.0. The Bertz CT molecular complexity index is 273. The van der Waals surface area contributed by atoms with E-state index in [-0.39, 0.29) is 0 Å². The molecule has 0 aromatic heterocycles. The third-order valence-electron chi connectivity index (χ3n) is 2.62. The van der Waals surface area contributed by atoms with Crippen LogP contribution >= 0.6 is 0 Å². The van der Waals surface area contributed by atoms with Crippen molar-refractivity contribution in [2.45, 2.75) is 19.8 Å². The molecule has 1 aliphatic heterocycles.